The number of carbonyl (C=O) groups excluding carboxylic acids is 1. The van der Waals surface area contributed by atoms with Gasteiger partial charge in [0.05, 0.1) is 0 Å². The maximum Gasteiger partial charge on any atom is 0.241 e. The minimum atomic E-state index is -3.67. The number of halogens is 1. The van der Waals surface area contributed by atoms with E-state index in [1.54, 1.807) is 14.1 Å². The lowest BCUT2D eigenvalue weighted by molar-refractivity contribution is -0.127. The second kappa shape index (κ2) is 7.41. The van der Waals surface area contributed by atoms with Crippen molar-refractivity contribution in [2.24, 2.45) is 0 Å². The van der Waals surface area contributed by atoms with Crippen LogP contribution in [0.1, 0.15) is 23.6 Å². The molecule has 8 heteroatoms. The van der Waals surface area contributed by atoms with Crippen molar-refractivity contribution in [1.82, 2.24) is 14.9 Å². The van der Waals surface area contributed by atoms with Crippen molar-refractivity contribution >= 4 is 28.3 Å². The summed E-state index contributed by atoms with van der Waals surface area (Å²) in [6.45, 7) is 3.26. The van der Waals surface area contributed by atoms with Crippen LogP contribution in [0.5, 0.6) is 0 Å². The number of nitrogens with zero attached hydrogens (tertiary/aromatic N) is 1. The molecule has 0 aromatic heterocycles. The zero-order valence-electron chi connectivity index (χ0n) is 12.9. The number of rotatable bonds is 5. The number of benzene rings is 1. The van der Waals surface area contributed by atoms with Gasteiger partial charge in [-0.25, -0.2) is 13.1 Å². The third-order valence-corrected chi connectivity index (χ3v) is 5.31. The quantitative estimate of drug-likeness (QED) is 0.818. The highest BCUT2D eigenvalue weighted by atomic mass is 35.5. The van der Waals surface area contributed by atoms with Gasteiger partial charge >= 0.3 is 0 Å². The van der Waals surface area contributed by atoms with Gasteiger partial charge in [0.15, 0.2) is 5.25 Å². The van der Waals surface area contributed by atoms with E-state index in [-0.39, 0.29) is 19.0 Å². The molecule has 0 spiro atoms. The third-order valence-electron chi connectivity index (χ3n) is 3.63. The summed E-state index contributed by atoms with van der Waals surface area (Å²) in [5, 5.41) is 2.15. The van der Waals surface area contributed by atoms with Crippen LogP contribution in [-0.4, -0.2) is 38.6 Å². The number of amides is 1. The zero-order chi connectivity index (χ0) is 15.6. The molecule has 1 aromatic rings. The van der Waals surface area contributed by atoms with Crippen LogP contribution in [0.4, 0.5) is 0 Å². The predicted octanol–water partition coefficient (Wildman–Crippen LogP) is 0.608. The van der Waals surface area contributed by atoms with E-state index in [4.69, 9.17) is 0 Å². The van der Waals surface area contributed by atoms with Gasteiger partial charge in [0, 0.05) is 33.7 Å². The van der Waals surface area contributed by atoms with Crippen molar-refractivity contribution in [2.75, 3.05) is 14.1 Å². The monoisotopic (exact) mass is 347 g/mol. The first-order valence-electron chi connectivity index (χ1n) is 6.82. The fourth-order valence-electron chi connectivity index (χ4n) is 2.26. The van der Waals surface area contributed by atoms with Crippen LogP contribution in [0.15, 0.2) is 18.2 Å². The average molecular weight is 348 g/mol. The van der Waals surface area contributed by atoms with Crippen LogP contribution in [0, 0.1) is 0 Å². The Morgan fingerprint density at radius 2 is 1.95 bits per heavy atom. The van der Waals surface area contributed by atoms with E-state index < -0.39 is 21.2 Å². The second-order valence-electron chi connectivity index (χ2n) is 5.45. The maximum absolute atomic E-state index is 12.1. The molecule has 0 saturated heterocycles. The van der Waals surface area contributed by atoms with Crippen LogP contribution in [0.3, 0.4) is 0 Å². The van der Waals surface area contributed by atoms with E-state index in [0.717, 1.165) is 18.7 Å². The van der Waals surface area contributed by atoms with Crippen LogP contribution in [-0.2, 0) is 34.5 Å². The van der Waals surface area contributed by atoms with Gasteiger partial charge in [-0.3, -0.25) is 4.79 Å². The molecule has 1 heterocycles. The summed E-state index contributed by atoms with van der Waals surface area (Å²) in [5.41, 5.74) is 3.34. The standard InChI is InChI=1S/C14H21N3O3S.ClH/c1-10(14(18)17(2)3)21(19,20)16-7-11-4-5-12-8-15-9-13(12)6-11;/h4-6,10,15-16H,7-9H2,1-3H3;1H. The lowest BCUT2D eigenvalue weighted by Gasteiger charge is -2.17. The van der Waals surface area contributed by atoms with Crippen molar-refractivity contribution in [3.63, 3.8) is 0 Å². The first kappa shape index (κ1) is 18.9. The Kier molecular flexibility index (Phi) is 6.37. The lowest BCUT2D eigenvalue weighted by Crippen LogP contribution is -2.42. The van der Waals surface area contributed by atoms with Gasteiger partial charge in [0.2, 0.25) is 15.9 Å². The number of carbonyl (C=O) groups is 1. The van der Waals surface area contributed by atoms with E-state index >= 15 is 0 Å². The minimum Gasteiger partial charge on any atom is -0.348 e. The molecule has 6 nitrogen and oxygen atoms in total. The summed E-state index contributed by atoms with van der Waals surface area (Å²) < 4.78 is 26.7. The van der Waals surface area contributed by atoms with Crippen molar-refractivity contribution in [1.29, 1.82) is 0 Å². The van der Waals surface area contributed by atoms with E-state index in [0.29, 0.717) is 0 Å². The SMILES string of the molecule is CC(C(=O)N(C)C)S(=O)(=O)NCc1ccc2c(c1)CNC2.Cl. The number of hydrogen-bond acceptors (Lipinski definition) is 4. The molecule has 0 fully saturated rings. The normalized spacial score (nSPS) is 14.9. The molecule has 0 bridgehead atoms. The Balaban J connectivity index is 0.00000242. The Morgan fingerprint density at radius 1 is 1.32 bits per heavy atom. The smallest absolute Gasteiger partial charge is 0.241 e. The molecular formula is C14H22ClN3O3S. The van der Waals surface area contributed by atoms with Crippen molar-refractivity contribution in [3.8, 4) is 0 Å². The number of hydrogen-bond donors (Lipinski definition) is 2. The van der Waals surface area contributed by atoms with Crippen molar-refractivity contribution < 1.29 is 13.2 Å². The Hall–Kier alpha value is -1.15. The maximum atomic E-state index is 12.1. The van der Waals surface area contributed by atoms with Gasteiger partial charge in [-0.15, -0.1) is 12.4 Å². The summed E-state index contributed by atoms with van der Waals surface area (Å²) in [6.07, 6.45) is 0. The molecule has 0 saturated carbocycles. The minimum absolute atomic E-state index is 0. The zero-order valence-corrected chi connectivity index (χ0v) is 14.6. The van der Waals surface area contributed by atoms with Gasteiger partial charge in [0.1, 0.15) is 0 Å². The molecule has 1 aliphatic heterocycles. The molecule has 1 unspecified atom stereocenters. The van der Waals surface area contributed by atoms with Crippen molar-refractivity contribution in [3.05, 3.63) is 34.9 Å². The van der Waals surface area contributed by atoms with E-state index in [9.17, 15) is 13.2 Å². The topological polar surface area (TPSA) is 78.5 Å². The summed E-state index contributed by atoms with van der Waals surface area (Å²) >= 11 is 0. The number of nitrogens with one attached hydrogen (secondary N) is 2. The molecule has 1 aromatic carbocycles. The summed E-state index contributed by atoms with van der Waals surface area (Å²) in [6, 6.07) is 5.91. The van der Waals surface area contributed by atoms with Gasteiger partial charge in [-0.1, -0.05) is 18.2 Å². The molecule has 124 valence electrons. The van der Waals surface area contributed by atoms with Gasteiger partial charge < -0.3 is 10.2 Å². The number of sulfonamides is 1. The largest absolute Gasteiger partial charge is 0.348 e. The van der Waals surface area contributed by atoms with Gasteiger partial charge in [-0.05, 0) is 23.6 Å². The number of fused-ring (bicyclic) bond motifs is 1. The Labute approximate surface area is 137 Å². The fourth-order valence-corrected chi connectivity index (χ4v) is 3.36. The highest BCUT2D eigenvalue weighted by Gasteiger charge is 2.28. The summed E-state index contributed by atoms with van der Waals surface area (Å²) in [5.74, 6) is -0.430. The van der Waals surface area contributed by atoms with Crippen LogP contribution in [0.2, 0.25) is 0 Å². The molecular weight excluding hydrogens is 326 g/mol. The van der Waals surface area contributed by atoms with E-state index in [1.165, 1.54) is 23.0 Å². The molecule has 22 heavy (non-hydrogen) atoms. The second-order valence-corrected chi connectivity index (χ2v) is 7.53. The third kappa shape index (κ3) is 4.19. The van der Waals surface area contributed by atoms with Crippen LogP contribution < -0.4 is 10.0 Å². The first-order chi connectivity index (χ1) is 9.81. The van der Waals surface area contributed by atoms with Crippen molar-refractivity contribution in [2.45, 2.75) is 31.8 Å². The first-order valence-corrected chi connectivity index (χ1v) is 8.37. The van der Waals surface area contributed by atoms with Crippen LogP contribution in [0.25, 0.3) is 0 Å². The molecule has 1 atom stereocenters. The van der Waals surface area contributed by atoms with Gasteiger partial charge in [0.25, 0.3) is 0 Å². The molecule has 0 aliphatic carbocycles. The highest BCUT2D eigenvalue weighted by Crippen LogP contribution is 2.17. The molecule has 1 amide bonds. The Bertz CT molecular complexity index is 647. The Morgan fingerprint density at radius 3 is 2.59 bits per heavy atom. The van der Waals surface area contributed by atoms with Gasteiger partial charge in [-0.2, -0.15) is 0 Å². The fraction of sp³-hybridized carbons (Fsp3) is 0.500. The molecule has 1 aliphatic rings. The summed E-state index contributed by atoms with van der Waals surface area (Å²) in [4.78, 5) is 13.0. The molecule has 2 N–H and O–H groups in total. The van der Waals surface area contributed by atoms with Crippen LogP contribution >= 0.6 is 12.4 Å². The molecule has 0 radical (unpaired) electrons. The predicted molar refractivity (Wildman–Crippen MR) is 88.1 cm³/mol. The highest BCUT2D eigenvalue weighted by molar-refractivity contribution is 7.90. The van der Waals surface area contributed by atoms with E-state index in [1.807, 2.05) is 18.2 Å². The average Bonchev–Trinajstić information content (AvgIpc) is 2.90. The lowest BCUT2D eigenvalue weighted by atomic mass is 10.1. The molecule has 2 rings (SSSR count). The van der Waals surface area contributed by atoms with E-state index in [2.05, 4.69) is 10.0 Å². The summed E-state index contributed by atoms with van der Waals surface area (Å²) in [7, 11) is -0.587.